The first kappa shape index (κ1) is 13.7. The first-order valence-electron chi connectivity index (χ1n) is 4.92. The summed E-state index contributed by atoms with van der Waals surface area (Å²) in [6, 6.07) is 4.84. The Bertz CT molecular complexity index is 347. The van der Waals surface area contributed by atoms with Gasteiger partial charge in [-0.25, -0.2) is 0 Å². The van der Waals surface area contributed by atoms with Gasteiger partial charge in [-0.1, -0.05) is 29.3 Å². The minimum Gasteiger partial charge on any atom is -0.388 e. The fourth-order valence-corrected chi connectivity index (χ4v) is 1.73. The van der Waals surface area contributed by atoms with Crippen LogP contribution in [0.2, 0.25) is 10.0 Å². The van der Waals surface area contributed by atoms with E-state index in [2.05, 4.69) is 0 Å². The average Bonchev–Trinajstić information content (AvgIpc) is 2.22. The fraction of sp³-hybridized carbons (Fsp3) is 0.455. The molecule has 0 amide bonds. The molecule has 0 heterocycles. The van der Waals surface area contributed by atoms with Crippen molar-refractivity contribution in [1.29, 1.82) is 0 Å². The lowest BCUT2D eigenvalue weighted by Gasteiger charge is -2.16. The molecule has 5 heteroatoms. The number of halogens is 2. The summed E-state index contributed by atoms with van der Waals surface area (Å²) in [4.78, 5) is 0. The van der Waals surface area contributed by atoms with E-state index in [1.807, 2.05) is 0 Å². The lowest BCUT2D eigenvalue weighted by molar-refractivity contribution is 0.122. The van der Waals surface area contributed by atoms with E-state index in [9.17, 15) is 5.11 Å². The van der Waals surface area contributed by atoms with Gasteiger partial charge in [0.15, 0.2) is 0 Å². The molecule has 0 spiro atoms. The highest BCUT2D eigenvalue weighted by Gasteiger charge is 2.13. The first-order chi connectivity index (χ1) is 7.54. The zero-order valence-corrected chi connectivity index (χ0v) is 10.5. The highest BCUT2D eigenvalue weighted by atomic mass is 35.5. The summed E-state index contributed by atoms with van der Waals surface area (Å²) in [6.07, 6.45) is -0.230. The Morgan fingerprint density at radius 3 is 2.62 bits per heavy atom. The summed E-state index contributed by atoms with van der Waals surface area (Å²) < 4.78 is 4.90. The van der Waals surface area contributed by atoms with E-state index >= 15 is 0 Å². The van der Waals surface area contributed by atoms with Gasteiger partial charge in [-0.05, 0) is 24.1 Å². The molecule has 0 fully saturated rings. The molecule has 2 atom stereocenters. The van der Waals surface area contributed by atoms with Crippen molar-refractivity contribution >= 4 is 23.2 Å². The number of ether oxygens (including phenoxy) is 1. The molecule has 2 unspecified atom stereocenters. The van der Waals surface area contributed by atoms with Gasteiger partial charge in [-0.15, -0.1) is 0 Å². The number of aliphatic hydroxyl groups excluding tert-OH is 1. The smallest absolute Gasteiger partial charge is 0.0806 e. The van der Waals surface area contributed by atoms with Gasteiger partial charge in [0.1, 0.15) is 0 Å². The van der Waals surface area contributed by atoms with E-state index in [4.69, 9.17) is 33.7 Å². The lowest BCUT2D eigenvalue weighted by Crippen LogP contribution is -2.27. The quantitative estimate of drug-likeness (QED) is 0.858. The molecule has 0 aromatic heterocycles. The van der Waals surface area contributed by atoms with Gasteiger partial charge < -0.3 is 15.6 Å². The van der Waals surface area contributed by atoms with Crippen molar-refractivity contribution in [3.63, 3.8) is 0 Å². The van der Waals surface area contributed by atoms with E-state index < -0.39 is 6.10 Å². The predicted octanol–water partition coefficient (Wildman–Crippen LogP) is 2.39. The maximum absolute atomic E-state index is 9.90. The van der Waals surface area contributed by atoms with Crippen LogP contribution in [0.1, 0.15) is 18.1 Å². The van der Waals surface area contributed by atoms with E-state index in [1.54, 1.807) is 25.3 Å². The van der Waals surface area contributed by atoms with Crippen molar-refractivity contribution in [2.75, 3.05) is 13.7 Å². The van der Waals surface area contributed by atoms with Gasteiger partial charge in [-0.3, -0.25) is 0 Å². The second kappa shape index (κ2) is 6.42. The van der Waals surface area contributed by atoms with Crippen molar-refractivity contribution < 1.29 is 9.84 Å². The molecular weight excluding hydrogens is 249 g/mol. The second-order valence-electron chi connectivity index (χ2n) is 3.64. The third kappa shape index (κ3) is 3.92. The third-order valence-electron chi connectivity index (χ3n) is 2.24. The molecule has 3 nitrogen and oxygen atoms in total. The maximum Gasteiger partial charge on any atom is 0.0806 e. The minimum atomic E-state index is -0.653. The molecule has 0 aliphatic heterocycles. The molecule has 0 aliphatic carbocycles. The van der Waals surface area contributed by atoms with Crippen molar-refractivity contribution in [1.82, 2.24) is 0 Å². The number of hydrogen-bond donors (Lipinski definition) is 2. The van der Waals surface area contributed by atoms with Gasteiger partial charge in [-0.2, -0.15) is 0 Å². The zero-order valence-electron chi connectivity index (χ0n) is 8.99. The van der Waals surface area contributed by atoms with Crippen LogP contribution in [-0.4, -0.2) is 24.9 Å². The molecule has 1 aromatic carbocycles. The summed E-state index contributed by atoms with van der Waals surface area (Å²) in [5.74, 6) is 0. The number of hydrogen-bond acceptors (Lipinski definition) is 3. The summed E-state index contributed by atoms with van der Waals surface area (Å²) in [5.41, 5.74) is 6.46. The van der Waals surface area contributed by atoms with E-state index in [0.29, 0.717) is 28.6 Å². The Morgan fingerprint density at radius 2 is 2.06 bits per heavy atom. The number of aliphatic hydroxyl groups is 1. The average molecular weight is 264 g/mol. The number of benzene rings is 1. The monoisotopic (exact) mass is 263 g/mol. The van der Waals surface area contributed by atoms with Crippen molar-refractivity contribution in [3.05, 3.63) is 33.8 Å². The maximum atomic E-state index is 9.90. The third-order valence-corrected chi connectivity index (χ3v) is 2.97. The van der Waals surface area contributed by atoms with Crippen LogP contribution in [0.3, 0.4) is 0 Å². The SMILES string of the molecule is COCC(N)CC(O)c1ccc(Cl)c(Cl)c1. The van der Waals surface area contributed by atoms with Crippen LogP contribution < -0.4 is 5.73 Å². The lowest BCUT2D eigenvalue weighted by atomic mass is 10.0. The summed E-state index contributed by atoms with van der Waals surface area (Å²) in [5, 5.41) is 10.8. The molecule has 0 saturated heterocycles. The molecule has 1 rings (SSSR count). The van der Waals surface area contributed by atoms with E-state index in [-0.39, 0.29) is 6.04 Å². The normalized spacial score (nSPS) is 14.8. The van der Waals surface area contributed by atoms with Crippen LogP contribution >= 0.6 is 23.2 Å². The van der Waals surface area contributed by atoms with Crippen LogP contribution in [0.25, 0.3) is 0 Å². The Labute approximate surface area is 105 Å². The highest BCUT2D eigenvalue weighted by molar-refractivity contribution is 6.42. The first-order valence-corrected chi connectivity index (χ1v) is 5.67. The van der Waals surface area contributed by atoms with Crippen molar-refractivity contribution in [3.8, 4) is 0 Å². The van der Waals surface area contributed by atoms with Gasteiger partial charge in [0, 0.05) is 13.2 Å². The number of rotatable bonds is 5. The largest absolute Gasteiger partial charge is 0.388 e. The van der Waals surface area contributed by atoms with Crippen LogP contribution in [0.15, 0.2) is 18.2 Å². The molecule has 0 saturated carbocycles. The predicted molar refractivity (Wildman–Crippen MR) is 65.9 cm³/mol. The highest BCUT2D eigenvalue weighted by Crippen LogP contribution is 2.27. The molecule has 1 aromatic rings. The fourth-order valence-electron chi connectivity index (χ4n) is 1.42. The topological polar surface area (TPSA) is 55.5 Å². The zero-order chi connectivity index (χ0) is 12.1. The standard InChI is InChI=1S/C11H15Cl2NO2/c1-16-6-8(14)5-11(15)7-2-3-9(12)10(13)4-7/h2-4,8,11,15H,5-6,14H2,1H3. The van der Waals surface area contributed by atoms with E-state index in [1.165, 1.54) is 0 Å². The molecule has 0 bridgehead atoms. The van der Waals surface area contributed by atoms with Crippen LogP contribution in [0.4, 0.5) is 0 Å². The van der Waals surface area contributed by atoms with Crippen LogP contribution in [0, 0.1) is 0 Å². The molecule has 90 valence electrons. The number of methoxy groups -OCH3 is 1. The minimum absolute atomic E-state index is 0.200. The van der Waals surface area contributed by atoms with Gasteiger partial charge >= 0.3 is 0 Å². The molecule has 3 N–H and O–H groups in total. The summed E-state index contributed by atoms with van der Waals surface area (Å²) in [6.45, 7) is 0.415. The molecular formula is C11H15Cl2NO2. The molecule has 16 heavy (non-hydrogen) atoms. The van der Waals surface area contributed by atoms with Crippen molar-refractivity contribution in [2.24, 2.45) is 5.73 Å². The number of nitrogens with two attached hydrogens (primary N) is 1. The van der Waals surface area contributed by atoms with Crippen LogP contribution in [-0.2, 0) is 4.74 Å². The molecule has 0 radical (unpaired) electrons. The van der Waals surface area contributed by atoms with Gasteiger partial charge in [0.25, 0.3) is 0 Å². The summed E-state index contributed by atoms with van der Waals surface area (Å²) in [7, 11) is 1.57. The van der Waals surface area contributed by atoms with Crippen molar-refractivity contribution in [2.45, 2.75) is 18.6 Å². The van der Waals surface area contributed by atoms with Gasteiger partial charge in [0.05, 0.1) is 22.8 Å². The van der Waals surface area contributed by atoms with Crippen LogP contribution in [0.5, 0.6) is 0 Å². The Morgan fingerprint density at radius 1 is 1.38 bits per heavy atom. The molecule has 0 aliphatic rings. The Balaban J connectivity index is 2.65. The second-order valence-corrected chi connectivity index (χ2v) is 4.45. The summed E-state index contributed by atoms with van der Waals surface area (Å²) >= 11 is 11.6. The van der Waals surface area contributed by atoms with Gasteiger partial charge in [0.2, 0.25) is 0 Å². The van der Waals surface area contributed by atoms with E-state index in [0.717, 1.165) is 0 Å². The Hall–Kier alpha value is -0.320. The Kier molecular flexibility index (Phi) is 5.52.